The van der Waals surface area contributed by atoms with Crippen LogP contribution in [0, 0.1) is 11.2 Å². The van der Waals surface area contributed by atoms with Gasteiger partial charge in [0.2, 0.25) is 11.7 Å². The predicted octanol–water partition coefficient (Wildman–Crippen LogP) is 4.73. The first-order valence-corrected chi connectivity index (χ1v) is 9.18. The number of rotatable bonds is 7. The van der Waals surface area contributed by atoms with E-state index in [1.165, 1.54) is 31.4 Å². The van der Waals surface area contributed by atoms with Crippen molar-refractivity contribution >= 4 is 5.78 Å². The minimum atomic E-state index is -0.396. The zero-order valence-corrected chi connectivity index (χ0v) is 16.9. The normalized spacial score (nSPS) is 11.3. The van der Waals surface area contributed by atoms with E-state index in [1.807, 2.05) is 0 Å². The maximum Gasteiger partial charge on any atom is 0.227 e. The highest BCUT2D eigenvalue weighted by Gasteiger charge is 2.18. The zero-order valence-electron chi connectivity index (χ0n) is 16.9. The highest BCUT2D eigenvalue weighted by molar-refractivity contribution is 5.97. The van der Waals surface area contributed by atoms with Crippen LogP contribution in [0.3, 0.4) is 0 Å². The van der Waals surface area contributed by atoms with Crippen LogP contribution in [-0.2, 0) is 6.42 Å². The van der Waals surface area contributed by atoms with E-state index in [0.717, 1.165) is 0 Å². The molecule has 0 saturated heterocycles. The molecule has 0 N–H and O–H groups in total. The Kier molecular flexibility index (Phi) is 5.96. The summed E-state index contributed by atoms with van der Waals surface area (Å²) in [5, 5.41) is 4.03. The first-order valence-electron chi connectivity index (χ1n) is 9.18. The molecule has 7 heteroatoms. The average molecular weight is 398 g/mol. The summed E-state index contributed by atoms with van der Waals surface area (Å²) in [4.78, 5) is 16.6. The molecule has 0 aliphatic rings. The van der Waals surface area contributed by atoms with Crippen LogP contribution in [0.1, 0.15) is 37.0 Å². The van der Waals surface area contributed by atoms with Gasteiger partial charge in [-0.25, -0.2) is 4.39 Å². The molecule has 0 unspecified atom stereocenters. The number of Topliss-reactive ketones (excluding diaryl/α,β-unsaturated/α-hetero) is 1. The quantitative estimate of drug-likeness (QED) is 0.536. The van der Waals surface area contributed by atoms with Gasteiger partial charge in [-0.1, -0.05) is 25.9 Å². The molecule has 0 aliphatic heterocycles. The second-order valence-electron chi connectivity index (χ2n) is 7.83. The number of methoxy groups -OCH3 is 1. The number of benzene rings is 2. The highest BCUT2D eigenvalue weighted by Crippen LogP contribution is 2.32. The van der Waals surface area contributed by atoms with Crippen molar-refractivity contribution in [3.8, 4) is 22.9 Å². The molecule has 2 aromatic carbocycles. The van der Waals surface area contributed by atoms with Gasteiger partial charge in [-0.3, -0.25) is 4.79 Å². The van der Waals surface area contributed by atoms with Crippen LogP contribution in [0.25, 0.3) is 11.4 Å². The van der Waals surface area contributed by atoms with E-state index in [4.69, 9.17) is 14.0 Å². The lowest BCUT2D eigenvalue weighted by atomic mass is 9.92. The lowest BCUT2D eigenvalue weighted by Gasteiger charge is -2.13. The SMILES string of the molecule is COc1cc(-c2noc(CC(C)(C)C)n2)ccc1OCC(=O)c1ccc(F)cc1. The number of nitrogens with zero attached hydrogens (tertiary/aromatic N) is 2. The van der Waals surface area contributed by atoms with Crippen LogP contribution < -0.4 is 9.47 Å². The first kappa shape index (κ1) is 20.5. The van der Waals surface area contributed by atoms with E-state index in [1.54, 1.807) is 18.2 Å². The van der Waals surface area contributed by atoms with Gasteiger partial charge in [0.1, 0.15) is 5.82 Å². The summed E-state index contributed by atoms with van der Waals surface area (Å²) in [6.07, 6.45) is 0.670. The highest BCUT2D eigenvalue weighted by atomic mass is 19.1. The summed E-state index contributed by atoms with van der Waals surface area (Å²) in [6.45, 7) is 6.09. The van der Waals surface area contributed by atoms with Crippen molar-refractivity contribution in [2.45, 2.75) is 27.2 Å². The summed E-state index contributed by atoms with van der Waals surface area (Å²) in [5.41, 5.74) is 1.12. The number of halogens is 1. The molecular weight excluding hydrogens is 375 g/mol. The van der Waals surface area contributed by atoms with E-state index in [0.29, 0.717) is 40.8 Å². The summed E-state index contributed by atoms with van der Waals surface area (Å²) >= 11 is 0. The molecular formula is C22H23FN2O4. The van der Waals surface area contributed by atoms with Gasteiger partial charge in [0, 0.05) is 17.5 Å². The van der Waals surface area contributed by atoms with Crippen LogP contribution in [0.5, 0.6) is 11.5 Å². The van der Waals surface area contributed by atoms with Crippen LogP contribution in [-0.4, -0.2) is 29.6 Å². The molecule has 29 heavy (non-hydrogen) atoms. The Morgan fingerprint density at radius 3 is 2.48 bits per heavy atom. The first-order chi connectivity index (χ1) is 13.7. The van der Waals surface area contributed by atoms with Gasteiger partial charge in [0.15, 0.2) is 23.9 Å². The van der Waals surface area contributed by atoms with Crippen LogP contribution in [0.4, 0.5) is 4.39 Å². The molecule has 0 aliphatic carbocycles. The smallest absolute Gasteiger partial charge is 0.227 e. The largest absolute Gasteiger partial charge is 0.493 e. The molecule has 152 valence electrons. The fourth-order valence-electron chi connectivity index (χ4n) is 2.69. The van der Waals surface area contributed by atoms with E-state index >= 15 is 0 Å². The Bertz CT molecular complexity index is 991. The topological polar surface area (TPSA) is 74.5 Å². The molecule has 0 atom stereocenters. The van der Waals surface area contributed by atoms with Gasteiger partial charge in [0.25, 0.3) is 0 Å². The lowest BCUT2D eigenvalue weighted by molar-refractivity contribution is 0.0919. The maximum absolute atomic E-state index is 13.0. The number of hydrogen-bond donors (Lipinski definition) is 0. The number of ketones is 1. The fraction of sp³-hybridized carbons (Fsp3) is 0.318. The summed E-state index contributed by atoms with van der Waals surface area (Å²) < 4.78 is 29.3. The maximum atomic E-state index is 13.0. The lowest BCUT2D eigenvalue weighted by Crippen LogP contribution is -2.12. The van der Waals surface area contributed by atoms with Crippen molar-refractivity contribution in [1.29, 1.82) is 0 Å². The number of ether oxygens (including phenoxy) is 2. The van der Waals surface area contributed by atoms with E-state index in [2.05, 4.69) is 30.9 Å². The number of aromatic nitrogens is 2. The van der Waals surface area contributed by atoms with E-state index in [-0.39, 0.29) is 17.8 Å². The molecule has 0 fully saturated rings. The molecule has 1 heterocycles. The number of carbonyl (C=O) groups is 1. The van der Waals surface area contributed by atoms with Gasteiger partial charge in [-0.15, -0.1) is 0 Å². The summed E-state index contributed by atoms with van der Waals surface area (Å²) in [5.74, 6) is 1.21. The Balaban J connectivity index is 1.72. The van der Waals surface area contributed by atoms with Crippen molar-refractivity contribution in [3.63, 3.8) is 0 Å². The molecule has 3 aromatic rings. The number of carbonyl (C=O) groups excluding carboxylic acids is 1. The van der Waals surface area contributed by atoms with Crippen molar-refractivity contribution in [2.75, 3.05) is 13.7 Å². The third kappa shape index (κ3) is 5.40. The molecule has 0 radical (unpaired) electrons. The van der Waals surface area contributed by atoms with Gasteiger partial charge >= 0.3 is 0 Å². The third-order valence-corrected chi connectivity index (χ3v) is 4.10. The molecule has 0 spiro atoms. The van der Waals surface area contributed by atoms with Gasteiger partial charge in [-0.05, 0) is 47.9 Å². The van der Waals surface area contributed by atoms with Crippen molar-refractivity contribution in [3.05, 3.63) is 59.7 Å². The summed E-state index contributed by atoms with van der Waals surface area (Å²) in [7, 11) is 1.51. The van der Waals surface area contributed by atoms with Crippen LogP contribution in [0.2, 0.25) is 0 Å². The molecule has 1 aromatic heterocycles. The molecule has 0 amide bonds. The second-order valence-corrected chi connectivity index (χ2v) is 7.83. The monoisotopic (exact) mass is 398 g/mol. The molecule has 0 bridgehead atoms. The second kappa shape index (κ2) is 8.43. The Labute approximate surface area is 168 Å². The van der Waals surface area contributed by atoms with E-state index < -0.39 is 5.82 Å². The number of hydrogen-bond acceptors (Lipinski definition) is 6. The standard InChI is InChI=1S/C22H23FN2O4/c1-22(2,3)12-20-24-21(25-29-20)15-7-10-18(19(11-15)27-4)28-13-17(26)14-5-8-16(23)9-6-14/h5-11H,12-13H2,1-4H3. The zero-order chi connectivity index (χ0) is 21.0. The van der Waals surface area contributed by atoms with Crippen molar-refractivity contribution in [2.24, 2.45) is 5.41 Å². The van der Waals surface area contributed by atoms with Crippen LogP contribution in [0.15, 0.2) is 47.0 Å². The summed E-state index contributed by atoms with van der Waals surface area (Å²) in [6, 6.07) is 10.5. The van der Waals surface area contributed by atoms with Crippen molar-refractivity contribution < 1.29 is 23.2 Å². The average Bonchev–Trinajstić information content (AvgIpc) is 3.13. The van der Waals surface area contributed by atoms with E-state index in [9.17, 15) is 9.18 Å². The van der Waals surface area contributed by atoms with Crippen molar-refractivity contribution in [1.82, 2.24) is 10.1 Å². The van der Waals surface area contributed by atoms with Crippen LogP contribution >= 0.6 is 0 Å². The predicted molar refractivity (Wildman–Crippen MR) is 106 cm³/mol. The van der Waals surface area contributed by atoms with Gasteiger partial charge in [0.05, 0.1) is 7.11 Å². The fourth-order valence-corrected chi connectivity index (χ4v) is 2.69. The Morgan fingerprint density at radius 2 is 1.83 bits per heavy atom. The van der Waals surface area contributed by atoms with Gasteiger partial charge in [-0.2, -0.15) is 4.98 Å². The third-order valence-electron chi connectivity index (χ3n) is 4.10. The molecule has 3 rings (SSSR count). The minimum absolute atomic E-state index is 0.0379. The molecule has 6 nitrogen and oxygen atoms in total. The minimum Gasteiger partial charge on any atom is -0.493 e. The molecule has 0 saturated carbocycles. The van der Waals surface area contributed by atoms with Gasteiger partial charge < -0.3 is 14.0 Å². The Hall–Kier alpha value is -3.22. The Morgan fingerprint density at radius 1 is 1.10 bits per heavy atom.